The SMILES string of the molecule is NCCn1cnc(C(=O)Nc2cc(Br)cnc2Cl)c1. The van der Waals surface area contributed by atoms with E-state index in [1.54, 1.807) is 29.4 Å². The number of halogens is 2. The van der Waals surface area contributed by atoms with Gasteiger partial charge in [0, 0.05) is 30.0 Å². The molecule has 0 radical (unpaired) electrons. The maximum atomic E-state index is 12.0. The molecule has 3 N–H and O–H groups in total. The molecule has 2 aromatic rings. The summed E-state index contributed by atoms with van der Waals surface area (Å²) in [6.07, 6.45) is 4.73. The quantitative estimate of drug-likeness (QED) is 0.830. The Labute approximate surface area is 123 Å². The van der Waals surface area contributed by atoms with Crippen molar-refractivity contribution in [3.8, 4) is 0 Å². The molecule has 8 heteroatoms. The lowest BCUT2D eigenvalue weighted by Crippen LogP contribution is -2.13. The molecule has 0 unspecified atom stereocenters. The van der Waals surface area contributed by atoms with Crippen LogP contribution in [-0.2, 0) is 6.54 Å². The zero-order chi connectivity index (χ0) is 13.8. The van der Waals surface area contributed by atoms with Gasteiger partial charge in [-0.1, -0.05) is 11.6 Å². The number of amides is 1. The second-order valence-electron chi connectivity index (χ2n) is 3.73. The molecule has 0 saturated carbocycles. The van der Waals surface area contributed by atoms with Crippen LogP contribution in [0.1, 0.15) is 10.5 Å². The average Bonchev–Trinajstić information content (AvgIpc) is 2.83. The highest BCUT2D eigenvalue weighted by molar-refractivity contribution is 9.10. The van der Waals surface area contributed by atoms with E-state index in [0.29, 0.717) is 24.5 Å². The van der Waals surface area contributed by atoms with Crippen LogP contribution < -0.4 is 11.1 Å². The molecule has 1 amide bonds. The number of rotatable bonds is 4. The summed E-state index contributed by atoms with van der Waals surface area (Å²) in [6.45, 7) is 1.10. The van der Waals surface area contributed by atoms with Crippen molar-refractivity contribution in [3.05, 3.63) is 40.1 Å². The zero-order valence-electron chi connectivity index (χ0n) is 9.81. The second kappa shape index (κ2) is 6.14. The molecule has 0 aromatic carbocycles. The van der Waals surface area contributed by atoms with E-state index in [9.17, 15) is 4.79 Å². The van der Waals surface area contributed by atoms with E-state index in [1.807, 2.05) is 0 Å². The molecular formula is C11H11BrClN5O. The second-order valence-corrected chi connectivity index (χ2v) is 5.01. The van der Waals surface area contributed by atoms with E-state index in [1.165, 1.54) is 0 Å². The van der Waals surface area contributed by atoms with Crippen LogP contribution in [0.5, 0.6) is 0 Å². The molecule has 0 bridgehead atoms. The summed E-state index contributed by atoms with van der Waals surface area (Å²) in [6, 6.07) is 1.67. The van der Waals surface area contributed by atoms with Gasteiger partial charge in [0.1, 0.15) is 5.69 Å². The summed E-state index contributed by atoms with van der Waals surface area (Å²) in [7, 11) is 0. The predicted molar refractivity (Wildman–Crippen MR) is 76.2 cm³/mol. The zero-order valence-corrected chi connectivity index (χ0v) is 12.1. The van der Waals surface area contributed by atoms with Crippen LogP contribution in [0.3, 0.4) is 0 Å². The van der Waals surface area contributed by atoms with Crippen LogP contribution in [-0.4, -0.2) is 27.0 Å². The number of pyridine rings is 1. The van der Waals surface area contributed by atoms with Crippen molar-refractivity contribution in [2.75, 3.05) is 11.9 Å². The molecule has 0 saturated heterocycles. The molecule has 0 aliphatic heterocycles. The third-order valence-corrected chi connectivity index (χ3v) is 3.04. The van der Waals surface area contributed by atoms with Gasteiger partial charge in [-0.05, 0) is 22.0 Å². The number of hydrogen-bond acceptors (Lipinski definition) is 4. The van der Waals surface area contributed by atoms with E-state index in [2.05, 4.69) is 31.2 Å². The highest BCUT2D eigenvalue weighted by Crippen LogP contribution is 2.23. The van der Waals surface area contributed by atoms with Crippen LogP contribution in [0, 0.1) is 0 Å². The molecule has 2 rings (SSSR count). The van der Waals surface area contributed by atoms with Gasteiger partial charge < -0.3 is 15.6 Å². The number of carbonyl (C=O) groups is 1. The number of anilines is 1. The minimum Gasteiger partial charge on any atom is -0.335 e. The van der Waals surface area contributed by atoms with Gasteiger partial charge >= 0.3 is 0 Å². The highest BCUT2D eigenvalue weighted by atomic mass is 79.9. The summed E-state index contributed by atoms with van der Waals surface area (Å²) >= 11 is 9.15. The van der Waals surface area contributed by atoms with Crippen molar-refractivity contribution in [2.45, 2.75) is 6.54 Å². The van der Waals surface area contributed by atoms with Crippen molar-refractivity contribution in [1.82, 2.24) is 14.5 Å². The van der Waals surface area contributed by atoms with Gasteiger partial charge in [-0.15, -0.1) is 0 Å². The lowest BCUT2D eigenvalue weighted by Gasteiger charge is -2.05. The van der Waals surface area contributed by atoms with Crippen molar-refractivity contribution < 1.29 is 4.79 Å². The molecule has 19 heavy (non-hydrogen) atoms. The first-order valence-electron chi connectivity index (χ1n) is 5.44. The number of nitrogens with zero attached hydrogens (tertiary/aromatic N) is 3. The van der Waals surface area contributed by atoms with Gasteiger partial charge in [-0.3, -0.25) is 4.79 Å². The number of nitrogens with two attached hydrogens (primary N) is 1. The van der Waals surface area contributed by atoms with E-state index >= 15 is 0 Å². The number of hydrogen-bond donors (Lipinski definition) is 2. The van der Waals surface area contributed by atoms with Crippen LogP contribution in [0.4, 0.5) is 5.69 Å². The number of imidazole rings is 1. The Hall–Kier alpha value is -1.44. The third-order valence-electron chi connectivity index (χ3n) is 2.31. The molecular weight excluding hydrogens is 334 g/mol. The standard InChI is InChI=1S/C11H11BrClN5O/c12-7-3-8(10(13)15-4-7)17-11(19)9-5-18(2-1-14)6-16-9/h3-6H,1-2,14H2,(H,17,19). The summed E-state index contributed by atoms with van der Waals surface area (Å²) in [5.41, 5.74) is 6.15. The molecule has 100 valence electrons. The Kier molecular flexibility index (Phi) is 4.52. The van der Waals surface area contributed by atoms with Crippen molar-refractivity contribution in [1.29, 1.82) is 0 Å². The maximum Gasteiger partial charge on any atom is 0.275 e. The Morgan fingerprint density at radius 1 is 1.53 bits per heavy atom. The number of carbonyl (C=O) groups excluding carboxylic acids is 1. The molecule has 0 atom stereocenters. The van der Waals surface area contributed by atoms with Gasteiger partial charge in [-0.25, -0.2) is 9.97 Å². The van der Waals surface area contributed by atoms with E-state index < -0.39 is 0 Å². The predicted octanol–water partition coefficient (Wildman–Crippen LogP) is 1.90. The Morgan fingerprint density at radius 2 is 2.32 bits per heavy atom. The fourth-order valence-corrected chi connectivity index (χ4v) is 1.93. The van der Waals surface area contributed by atoms with Gasteiger partial charge in [-0.2, -0.15) is 0 Å². The van der Waals surface area contributed by atoms with Crippen molar-refractivity contribution in [2.24, 2.45) is 5.73 Å². The lowest BCUT2D eigenvalue weighted by atomic mass is 10.4. The normalized spacial score (nSPS) is 10.5. The highest BCUT2D eigenvalue weighted by Gasteiger charge is 2.12. The van der Waals surface area contributed by atoms with Crippen molar-refractivity contribution in [3.63, 3.8) is 0 Å². The fourth-order valence-electron chi connectivity index (χ4n) is 1.45. The summed E-state index contributed by atoms with van der Waals surface area (Å²) in [5.74, 6) is -0.349. The lowest BCUT2D eigenvalue weighted by molar-refractivity contribution is 0.102. The third kappa shape index (κ3) is 3.52. The monoisotopic (exact) mass is 343 g/mol. The number of aromatic nitrogens is 3. The van der Waals surface area contributed by atoms with Gasteiger partial charge in [0.15, 0.2) is 5.15 Å². The van der Waals surface area contributed by atoms with Gasteiger partial charge in [0.2, 0.25) is 0 Å². The van der Waals surface area contributed by atoms with Crippen molar-refractivity contribution >= 4 is 39.1 Å². The Bertz CT molecular complexity index is 601. The first kappa shape index (κ1) is 14.0. The minimum atomic E-state index is -0.349. The van der Waals surface area contributed by atoms with Gasteiger partial charge in [0.25, 0.3) is 5.91 Å². The average molecular weight is 345 g/mol. The summed E-state index contributed by atoms with van der Waals surface area (Å²) in [5, 5.41) is 2.87. The summed E-state index contributed by atoms with van der Waals surface area (Å²) < 4.78 is 2.47. The van der Waals surface area contributed by atoms with Crippen LogP contribution in [0.25, 0.3) is 0 Å². The van der Waals surface area contributed by atoms with E-state index in [-0.39, 0.29) is 11.1 Å². The largest absolute Gasteiger partial charge is 0.335 e. The van der Waals surface area contributed by atoms with E-state index in [0.717, 1.165) is 4.47 Å². The van der Waals surface area contributed by atoms with Crippen LogP contribution >= 0.6 is 27.5 Å². The molecule has 2 heterocycles. The number of nitrogens with one attached hydrogen (secondary N) is 1. The Balaban J connectivity index is 2.13. The van der Waals surface area contributed by atoms with E-state index in [4.69, 9.17) is 17.3 Å². The van der Waals surface area contributed by atoms with Crippen LogP contribution in [0.15, 0.2) is 29.3 Å². The molecule has 0 fully saturated rings. The first-order chi connectivity index (χ1) is 9.10. The topological polar surface area (TPSA) is 85.8 Å². The molecule has 0 spiro atoms. The minimum absolute atomic E-state index is 0.220. The Morgan fingerprint density at radius 3 is 3.05 bits per heavy atom. The molecule has 0 aliphatic carbocycles. The molecule has 0 aliphatic rings. The fraction of sp³-hybridized carbons (Fsp3) is 0.182. The summed E-state index contributed by atoms with van der Waals surface area (Å²) in [4.78, 5) is 19.9. The van der Waals surface area contributed by atoms with Crippen LogP contribution in [0.2, 0.25) is 5.15 Å². The molecule has 6 nitrogen and oxygen atoms in total. The van der Waals surface area contributed by atoms with Gasteiger partial charge in [0.05, 0.1) is 12.0 Å². The smallest absolute Gasteiger partial charge is 0.275 e. The molecule has 2 aromatic heterocycles. The first-order valence-corrected chi connectivity index (χ1v) is 6.61. The maximum absolute atomic E-state index is 12.0.